The van der Waals surface area contributed by atoms with Crippen LogP contribution in [0.15, 0.2) is 59.7 Å². The Morgan fingerprint density at radius 2 is 1.96 bits per heavy atom. The molecule has 3 aromatic rings. The summed E-state index contributed by atoms with van der Waals surface area (Å²) in [6.07, 6.45) is 3.22. The number of amides is 1. The minimum atomic E-state index is -0.657. The minimum Gasteiger partial charge on any atom is -0.299 e. The Morgan fingerprint density at radius 1 is 1.17 bits per heavy atom. The number of rotatable bonds is 5. The molecule has 122 valence electrons. The SMILES string of the molecule is O=C(NO)c1ccc2ncn(CCCc3ccccc3)c(=O)c2c1. The van der Waals surface area contributed by atoms with Crippen LogP contribution in [0.1, 0.15) is 22.3 Å². The molecule has 0 aliphatic carbocycles. The number of nitrogens with zero attached hydrogens (tertiary/aromatic N) is 2. The maximum Gasteiger partial charge on any atom is 0.274 e. The van der Waals surface area contributed by atoms with Crippen LogP contribution in [-0.4, -0.2) is 20.7 Å². The summed E-state index contributed by atoms with van der Waals surface area (Å²) >= 11 is 0. The third-order valence-electron chi connectivity index (χ3n) is 3.90. The number of hydrogen-bond acceptors (Lipinski definition) is 4. The zero-order chi connectivity index (χ0) is 16.9. The largest absolute Gasteiger partial charge is 0.299 e. The maximum absolute atomic E-state index is 12.6. The van der Waals surface area contributed by atoms with Gasteiger partial charge < -0.3 is 0 Å². The molecule has 0 aliphatic rings. The predicted octanol–water partition coefficient (Wildman–Crippen LogP) is 2.15. The first-order chi connectivity index (χ1) is 11.7. The highest BCUT2D eigenvalue weighted by molar-refractivity contribution is 5.97. The lowest BCUT2D eigenvalue weighted by Gasteiger charge is -2.07. The lowest BCUT2D eigenvalue weighted by atomic mass is 10.1. The molecule has 0 saturated heterocycles. The highest BCUT2D eigenvalue weighted by Crippen LogP contribution is 2.10. The first-order valence-electron chi connectivity index (χ1n) is 7.66. The molecule has 0 spiro atoms. The molecule has 0 aliphatic heterocycles. The Morgan fingerprint density at radius 3 is 2.71 bits per heavy atom. The molecule has 0 bridgehead atoms. The van der Waals surface area contributed by atoms with Crippen LogP contribution < -0.4 is 11.0 Å². The van der Waals surface area contributed by atoms with Gasteiger partial charge in [0, 0.05) is 12.1 Å². The second-order valence-corrected chi connectivity index (χ2v) is 5.51. The Hall–Kier alpha value is -2.99. The summed E-state index contributed by atoms with van der Waals surface area (Å²) in [5.41, 5.74) is 3.33. The number of benzene rings is 2. The van der Waals surface area contributed by atoms with Crippen molar-refractivity contribution in [1.82, 2.24) is 15.0 Å². The summed E-state index contributed by atoms with van der Waals surface area (Å²) in [6, 6.07) is 14.6. The van der Waals surface area contributed by atoms with Crippen molar-refractivity contribution < 1.29 is 10.0 Å². The highest BCUT2D eigenvalue weighted by atomic mass is 16.5. The monoisotopic (exact) mass is 323 g/mol. The average molecular weight is 323 g/mol. The number of hydroxylamine groups is 1. The molecule has 2 N–H and O–H groups in total. The van der Waals surface area contributed by atoms with E-state index >= 15 is 0 Å². The van der Waals surface area contributed by atoms with Crippen molar-refractivity contribution in [2.24, 2.45) is 0 Å². The zero-order valence-electron chi connectivity index (χ0n) is 13.0. The molecule has 1 aromatic heterocycles. The van der Waals surface area contributed by atoms with Gasteiger partial charge in [-0.05, 0) is 36.6 Å². The summed E-state index contributed by atoms with van der Waals surface area (Å²) in [5.74, 6) is -0.657. The van der Waals surface area contributed by atoms with Crippen LogP contribution in [-0.2, 0) is 13.0 Å². The Bertz CT molecular complexity index is 920. The van der Waals surface area contributed by atoms with Crippen LogP contribution in [0.4, 0.5) is 0 Å². The van der Waals surface area contributed by atoms with Crippen LogP contribution in [0.5, 0.6) is 0 Å². The smallest absolute Gasteiger partial charge is 0.274 e. The molecule has 1 amide bonds. The molecule has 0 radical (unpaired) electrons. The number of hydrogen-bond donors (Lipinski definition) is 2. The van der Waals surface area contributed by atoms with Crippen molar-refractivity contribution in [1.29, 1.82) is 0 Å². The van der Waals surface area contributed by atoms with Gasteiger partial charge in [-0.15, -0.1) is 0 Å². The molecule has 6 heteroatoms. The topological polar surface area (TPSA) is 84.2 Å². The van der Waals surface area contributed by atoms with Gasteiger partial charge in [0.15, 0.2) is 0 Å². The summed E-state index contributed by atoms with van der Waals surface area (Å²) in [7, 11) is 0. The number of carbonyl (C=O) groups excluding carboxylic acids is 1. The summed E-state index contributed by atoms with van der Waals surface area (Å²) in [4.78, 5) is 28.3. The standard InChI is InChI=1S/C18H17N3O3/c22-17(20-24)14-8-9-16-15(11-14)18(23)21(12-19-16)10-4-7-13-5-2-1-3-6-13/h1-3,5-6,8-9,11-12,24H,4,7,10H2,(H,20,22). The van der Waals surface area contributed by atoms with E-state index in [9.17, 15) is 9.59 Å². The molecule has 0 saturated carbocycles. The number of nitrogens with one attached hydrogen (secondary N) is 1. The van der Waals surface area contributed by atoms with Gasteiger partial charge in [-0.25, -0.2) is 10.5 Å². The van der Waals surface area contributed by atoms with E-state index in [1.807, 2.05) is 18.2 Å². The minimum absolute atomic E-state index is 0.194. The molecular formula is C18H17N3O3. The van der Waals surface area contributed by atoms with E-state index in [1.165, 1.54) is 24.0 Å². The fourth-order valence-electron chi connectivity index (χ4n) is 2.62. The van der Waals surface area contributed by atoms with E-state index in [0.717, 1.165) is 12.8 Å². The molecule has 2 aromatic carbocycles. The first-order valence-corrected chi connectivity index (χ1v) is 7.66. The lowest BCUT2D eigenvalue weighted by Crippen LogP contribution is -2.22. The molecule has 0 unspecified atom stereocenters. The van der Waals surface area contributed by atoms with Crippen molar-refractivity contribution in [3.05, 3.63) is 76.3 Å². The maximum atomic E-state index is 12.6. The van der Waals surface area contributed by atoms with Crippen molar-refractivity contribution in [3.63, 3.8) is 0 Å². The normalized spacial score (nSPS) is 10.7. The molecule has 0 fully saturated rings. The third kappa shape index (κ3) is 3.33. The average Bonchev–Trinajstić information content (AvgIpc) is 2.63. The molecule has 3 rings (SSSR count). The van der Waals surface area contributed by atoms with E-state index < -0.39 is 5.91 Å². The van der Waals surface area contributed by atoms with Crippen molar-refractivity contribution >= 4 is 16.8 Å². The summed E-state index contributed by atoms with van der Waals surface area (Å²) in [6.45, 7) is 0.549. The number of aryl methyl sites for hydroxylation is 2. The quantitative estimate of drug-likeness (QED) is 0.556. The van der Waals surface area contributed by atoms with Crippen molar-refractivity contribution in [2.45, 2.75) is 19.4 Å². The zero-order valence-corrected chi connectivity index (χ0v) is 13.0. The first kappa shape index (κ1) is 15.9. The summed E-state index contributed by atoms with van der Waals surface area (Å²) in [5, 5.41) is 9.07. The van der Waals surface area contributed by atoms with E-state index in [0.29, 0.717) is 17.4 Å². The van der Waals surface area contributed by atoms with Crippen LogP contribution in [0.3, 0.4) is 0 Å². The van der Waals surface area contributed by atoms with E-state index in [1.54, 1.807) is 16.1 Å². The lowest BCUT2D eigenvalue weighted by molar-refractivity contribution is 0.0706. The van der Waals surface area contributed by atoms with E-state index in [-0.39, 0.29) is 11.1 Å². The fourth-order valence-corrected chi connectivity index (χ4v) is 2.62. The second-order valence-electron chi connectivity index (χ2n) is 5.51. The third-order valence-corrected chi connectivity index (χ3v) is 3.90. The molecule has 6 nitrogen and oxygen atoms in total. The predicted molar refractivity (Wildman–Crippen MR) is 90.0 cm³/mol. The van der Waals surface area contributed by atoms with Crippen molar-refractivity contribution in [3.8, 4) is 0 Å². The number of carbonyl (C=O) groups is 1. The van der Waals surface area contributed by atoms with Gasteiger partial charge in [-0.1, -0.05) is 30.3 Å². The van der Waals surface area contributed by atoms with E-state index in [4.69, 9.17) is 5.21 Å². The number of aromatic nitrogens is 2. The summed E-state index contributed by atoms with van der Waals surface area (Å²) < 4.78 is 1.55. The number of fused-ring (bicyclic) bond motifs is 1. The van der Waals surface area contributed by atoms with Crippen molar-refractivity contribution in [2.75, 3.05) is 0 Å². The van der Waals surface area contributed by atoms with Gasteiger partial charge in [0.25, 0.3) is 11.5 Å². The van der Waals surface area contributed by atoms with Crippen LogP contribution in [0.2, 0.25) is 0 Å². The van der Waals surface area contributed by atoms with Gasteiger partial charge in [-0.3, -0.25) is 19.4 Å². The molecule has 0 atom stereocenters. The van der Waals surface area contributed by atoms with Gasteiger partial charge in [0.1, 0.15) is 0 Å². The van der Waals surface area contributed by atoms with Gasteiger partial charge in [-0.2, -0.15) is 0 Å². The Balaban J connectivity index is 1.82. The van der Waals surface area contributed by atoms with Crippen LogP contribution in [0, 0.1) is 0 Å². The van der Waals surface area contributed by atoms with Gasteiger partial charge in [0.2, 0.25) is 0 Å². The Labute approximate surface area is 138 Å². The Kier molecular flexibility index (Phi) is 4.67. The van der Waals surface area contributed by atoms with Crippen LogP contribution in [0.25, 0.3) is 10.9 Å². The van der Waals surface area contributed by atoms with E-state index in [2.05, 4.69) is 17.1 Å². The fraction of sp³-hybridized carbons (Fsp3) is 0.167. The van der Waals surface area contributed by atoms with Gasteiger partial charge in [0.05, 0.1) is 17.2 Å². The molecule has 24 heavy (non-hydrogen) atoms. The van der Waals surface area contributed by atoms with Crippen LogP contribution >= 0.6 is 0 Å². The second kappa shape index (κ2) is 7.06. The highest BCUT2D eigenvalue weighted by Gasteiger charge is 2.09. The molecule has 1 heterocycles. The molecular weight excluding hydrogens is 306 g/mol. The van der Waals surface area contributed by atoms with Gasteiger partial charge >= 0.3 is 0 Å².